The van der Waals surface area contributed by atoms with Crippen LogP contribution in [0.4, 0.5) is 5.69 Å². The lowest BCUT2D eigenvalue weighted by molar-refractivity contribution is -0.132. The van der Waals surface area contributed by atoms with Crippen LogP contribution in [-0.2, 0) is 16.0 Å². The molecule has 1 saturated heterocycles. The topological polar surface area (TPSA) is 84.0 Å². The SMILES string of the molecule is Cc1csc(CC(=O)N2CCN(CC(=O)Nc3ccc4c(c3)OC3(CCCCC3)O4)CC2)n1. The fourth-order valence-corrected chi connectivity index (χ4v) is 5.51. The Bertz CT molecular complexity index is 1030. The third kappa shape index (κ3) is 5.14. The van der Waals surface area contributed by atoms with Gasteiger partial charge in [-0.25, -0.2) is 4.98 Å². The molecule has 1 aromatic carbocycles. The number of rotatable bonds is 5. The average Bonchev–Trinajstić information content (AvgIpc) is 3.36. The first kappa shape index (κ1) is 22.2. The van der Waals surface area contributed by atoms with Gasteiger partial charge in [-0.2, -0.15) is 0 Å². The molecule has 33 heavy (non-hydrogen) atoms. The minimum absolute atomic E-state index is 0.0701. The third-order valence-electron chi connectivity index (χ3n) is 6.50. The quantitative estimate of drug-likeness (QED) is 0.723. The highest BCUT2D eigenvalue weighted by Gasteiger charge is 2.42. The van der Waals surface area contributed by atoms with Crippen LogP contribution < -0.4 is 14.8 Å². The van der Waals surface area contributed by atoms with Crippen molar-refractivity contribution in [2.45, 2.75) is 51.2 Å². The number of anilines is 1. The van der Waals surface area contributed by atoms with Gasteiger partial charge < -0.3 is 19.7 Å². The second-order valence-electron chi connectivity index (χ2n) is 9.10. The summed E-state index contributed by atoms with van der Waals surface area (Å²) in [7, 11) is 0. The molecule has 1 aliphatic carbocycles. The number of thiazole rings is 1. The highest BCUT2D eigenvalue weighted by atomic mass is 32.1. The second kappa shape index (κ2) is 9.30. The molecule has 8 nitrogen and oxygen atoms in total. The molecule has 1 aromatic heterocycles. The molecule has 9 heteroatoms. The third-order valence-corrected chi connectivity index (χ3v) is 7.46. The van der Waals surface area contributed by atoms with E-state index < -0.39 is 5.79 Å². The lowest BCUT2D eigenvalue weighted by atomic mass is 9.94. The van der Waals surface area contributed by atoms with E-state index in [1.807, 2.05) is 35.4 Å². The summed E-state index contributed by atoms with van der Waals surface area (Å²) in [6.07, 6.45) is 5.61. The Morgan fingerprint density at radius 3 is 2.58 bits per heavy atom. The van der Waals surface area contributed by atoms with Crippen molar-refractivity contribution in [3.05, 3.63) is 34.3 Å². The van der Waals surface area contributed by atoms with Crippen LogP contribution in [0.5, 0.6) is 11.5 Å². The van der Waals surface area contributed by atoms with Crippen molar-refractivity contribution in [3.8, 4) is 11.5 Å². The number of nitrogens with zero attached hydrogens (tertiary/aromatic N) is 3. The van der Waals surface area contributed by atoms with Crippen LogP contribution in [0.2, 0.25) is 0 Å². The predicted molar refractivity (Wildman–Crippen MR) is 126 cm³/mol. The Balaban J connectivity index is 1.09. The van der Waals surface area contributed by atoms with Gasteiger partial charge in [0, 0.05) is 61.8 Å². The van der Waals surface area contributed by atoms with E-state index in [1.165, 1.54) is 17.8 Å². The molecule has 0 bridgehead atoms. The molecule has 1 saturated carbocycles. The molecular formula is C24H30N4O4S. The second-order valence-corrected chi connectivity index (χ2v) is 10.0. The van der Waals surface area contributed by atoms with E-state index in [2.05, 4.69) is 15.2 Å². The molecule has 0 atom stereocenters. The maximum Gasteiger partial charge on any atom is 0.251 e. The average molecular weight is 471 g/mol. The normalized spacial score (nSPS) is 19.6. The minimum atomic E-state index is -0.515. The zero-order valence-electron chi connectivity index (χ0n) is 19.0. The number of carbonyl (C=O) groups excluding carboxylic acids is 2. The van der Waals surface area contributed by atoms with Crippen LogP contribution in [0.25, 0.3) is 0 Å². The van der Waals surface area contributed by atoms with E-state index >= 15 is 0 Å². The summed E-state index contributed by atoms with van der Waals surface area (Å²) in [5, 5.41) is 5.80. The molecule has 2 aliphatic heterocycles. The molecule has 2 fully saturated rings. The van der Waals surface area contributed by atoms with Crippen molar-refractivity contribution in [1.82, 2.24) is 14.8 Å². The van der Waals surface area contributed by atoms with Gasteiger partial charge in [-0.3, -0.25) is 14.5 Å². The number of aromatic nitrogens is 1. The maximum absolute atomic E-state index is 12.6. The fraction of sp³-hybridized carbons (Fsp3) is 0.542. The Morgan fingerprint density at radius 2 is 1.85 bits per heavy atom. The molecule has 3 aliphatic rings. The zero-order chi connectivity index (χ0) is 22.8. The summed E-state index contributed by atoms with van der Waals surface area (Å²) in [4.78, 5) is 33.5. The van der Waals surface area contributed by atoms with Crippen molar-refractivity contribution >= 4 is 28.8 Å². The van der Waals surface area contributed by atoms with Gasteiger partial charge in [0.05, 0.1) is 13.0 Å². The van der Waals surface area contributed by atoms with Gasteiger partial charge in [0.2, 0.25) is 11.8 Å². The summed E-state index contributed by atoms with van der Waals surface area (Å²) in [5.41, 5.74) is 1.66. The molecular weight excluding hydrogens is 440 g/mol. The molecule has 176 valence electrons. The summed E-state index contributed by atoms with van der Waals surface area (Å²) in [5.74, 6) is 0.975. The zero-order valence-corrected chi connectivity index (χ0v) is 19.8. The number of ether oxygens (including phenoxy) is 2. The van der Waals surface area contributed by atoms with Gasteiger partial charge in [0.1, 0.15) is 5.01 Å². The molecule has 5 rings (SSSR count). The highest BCUT2D eigenvalue weighted by molar-refractivity contribution is 7.09. The van der Waals surface area contributed by atoms with E-state index in [1.54, 1.807) is 0 Å². The van der Waals surface area contributed by atoms with E-state index in [9.17, 15) is 9.59 Å². The molecule has 3 heterocycles. The van der Waals surface area contributed by atoms with Gasteiger partial charge in [-0.15, -0.1) is 11.3 Å². The van der Waals surface area contributed by atoms with Gasteiger partial charge in [-0.1, -0.05) is 6.42 Å². The largest absolute Gasteiger partial charge is 0.448 e. The Hall–Kier alpha value is -2.65. The first-order valence-electron chi connectivity index (χ1n) is 11.7. The number of amides is 2. The van der Waals surface area contributed by atoms with Crippen molar-refractivity contribution in [2.75, 3.05) is 38.0 Å². The molecule has 1 N–H and O–H groups in total. The Kier molecular flexibility index (Phi) is 6.25. The van der Waals surface area contributed by atoms with Crippen LogP contribution >= 0.6 is 11.3 Å². The summed E-state index contributed by atoms with van der Waals surface area (Å²) >= 11 is 1.53. The van der Waals surface area contributed by atoms with Gasteiger partial charge in [0.25, 0.3) is 5.79 Å². The highest BCUT2D eigenvalue weighted by Crippen LogP contribution is 2.46. The molecule has 2 aromatic rings. The van der Waals surface area contributed by atoms with E-state index in [0.29, 0.717) is 50.6 Å². The van der Waals surface area contributed by atoms with Gasteiger partial charge in [-0.05, 0) is 31.9 Å². The first-order chi connectivity index (χ1) is 16.0. The van der Waals surface area contributed by atoms with E-state index in [-0.39, 0.29) is 11.8 Å². The summed E-state index contributed by atoms with van der Waals surface area (Å²) in [6, 6.07) is 5.59. The lowest BCUT2D eigenvalue weighted by Gasteiger charge is -2.34. The number of nitrogens with one attached hydrogen (secondary N) is 1. The lowest BCUT2D eigenvalue weighted by Crippen LogP contribution is -2.50. The number of fused-ring (bicyclic) bond motifs is 1. The van der Waals surface area contributed by atoms with Crippen molar-refractivity contribution in [2.24, 2.45) is 0 Å². The van der Waals surface area contributed by atoms with Crippen molar-refractivity contribution in [3.63, 3.8) is 0 Å². The molecule has 2 amide bonds. The van der Waals surface area contributed by atoms with Gasteiger partial charge >= 0.3 is 0 Å². The number of aryl methyl sites for hydroxylation is 1. The standard InChI is InChI=1S/C24H30N4O4S/c1-17-16-33-22(25-17)14-23(30)28-11-9-27(10-12-28)15-21(29)26-18-5-6-19-20(13-18)32-24(31-19)7-3-2-4-8-24/h5-6,13,16H,2-4,7-12,14-15H2,1H3,(H,26,29). The van der Waals surface area contributed by atoms with E-state index in [4.69, 9.17) is 9.47 Å². The number of piperazine rings is 1. The number of carbonyl (C=O) groups is 2. The monoisotopic (exact) mass is 470 g/mol. The van der Waals surface area contributed by atoms with Crippen molar-refractivity contribution in [1.29, 1.82) is 0 Å². The number of benzene rings is 1. The summed E-state index contributed by atoms with van der Waals surface area (Å²) < 4.78 is 12.3. The smallest absolute Gasteiger partial charge is 0.251 e. The van der Waals surface area contributed by atoms with Crippen molar-refractivity contribution < 1.29 is 19.1 Å². The Morgan fingerprint density at radius 1 is 1.09 bits per heavy atom. The van der Waals surface area contributed by atoms with Crippen LogP contribution in [0.15, 0.2) is 23.6 Å². The fourth-order valence-electron chi connectivity index (χ4n) is 4.75. The summed E-state index contributed by atoms with van der Waals surface area (Å²) in [6.45, 7) is 4.85. The molecule has 0 radical (unpaired) electrons. The van der Waals surface area contributed by atoms with Crippen LogP contribution in [0.3, 0.4) is 0 Å². The maximum atomic E-state index is 12.6. The van der Waals surface area contributed by atoms with Crippen LogP contribution in [0, 0.1) is 6.92 Å². The first-order valence-corrected chi connectivity index (χ1v) is 12.6. The minimum Gasteiger partial charge on any atom is -0.448 e. The van der Waals surface area contributed by atoms with Crippen LogP contribution in [-0.4, -0.2) is 65.1 Å². The number of hydrogen-bond acceptors (Lipinski definition) is 7. The molecule has 0 unspecified atom stereocenters. The van der Waals surface area contributed by atoms with Gasteiger partial charge in [0.15, 0.2) is 11.5 Å². The van der Waals surface area contributed by atoms with Crippen LogP contribution in [0.1, 0.15) is 42.8 Å². The number of hydrogen-bond donors (Lipinski definition) is 1. The Labute approximate surface area is 197 Å². The molecule has 1 spiro atoms. The predicted octanol–water partition coefficient (Wildman–Crippen LogP) is 3.21. The van der Waals surface area contributed by atoms with E-state index in [0.717, 1.165) is 42.1 Å².